The zero-order valence-electron chi connectivity index (χ0n) is 12.6. The smallest absolute Gasteiger partial charge is 0.368 e. The molecule has 9 heteroatoms. The van der Waals surface area contributed by atoms with Gasteiger partial charge in [-0.1, -0.05) is 13.8 Å². The first-order valence-corrected chi connectivity index (χ1v) is 8.42. The van der Waals surface area contributed by atoms with Gasteiger partial charge in [0.05, 0.1) is 22.4 Å². The van der Waals surface area contributed by atoms with Gasteiger partial charge < -0.3 is 5.73 Å². The quantitative estimate of drug-likeness (QED) is 0.692. The number of primary amides is 1. The van der Waals surface area contributed by atoms with E-state index in [4.69, 9.17) is 11.0 Å². The van der Waals surface area contributed by atoms with E-state index in [1.165, 1.54) is 12.1 Å². The van der Waals surface area contributed by atoms with Gasteiger partial charge in [0.1, 0.15) is 6.04 Å². The maximum absolute atomic E-state index is 13.6. The average Bonchev–Trinajstić information content (AvgIpc) is 2.79. The number of nitrogens with zero attached hydrogens (tertiary/aromatic N) is 2. The van der Waals surface area contributed by atoms with Gasteiger partial charge >= 0.3 is 6.18 Å². The van der Waals surface area contributed by atoms with Crippen molar-refractivity contribution in [2.24, 2.45) is 11.7 Å². The molecule has 1 unspecified atom stereocenters. The predicted molar refractivity (Wildman–Crippen MR) is 85.6 cm³/mol. The number of hydrogen-bond acceptors (Lipinski definition) is 4. The number of thiophene rings is 1. The molecule has 0 saturated heterocycles. The van der Waals surface area contributed by atoms with E-state index >= 15 is 0 Å². The zero-order valence-corrected chi connectivity index (χ0v) is 15.0. The summed E-state index contributed by atoms with van der Waals surface area (Å²) >= 11 is 4.06. The minimum atomic E-state index is -4.63. The van der Waals surface area contributed by atoms with Gasteiger partial charge in [0.2, 0.25) is 5.91 Å². The summed E-state index contributed by atoms with van der Waals surface area (Å²) in [5.74, 6) is -0.906. The van der Waals surface area contributed by atoms with Crippen LogP contribution in [-0.2, 0) is 4.79 Å². The maximum atomic E-state index is 13.6. The molecule has 1 aromatic heterocycles. The van der Waals surface area contributed by atoms with Crippen LogP contribution in [0.3, 0.4) is 0 Å². The minimum absolute atomic E-state index is 0.00892. The van der Waals surface area contributed by atoms with E-state index in [0.29, 0.717) is 3.79 Å². The van der Waals surface area contributed by atoms with E-state index < -0.39 is 30.7 Å². The Morgan fingerprint density at radius 2 is 2.09 bits per heavy atom. The zero-order chi connectivity index (χ0) is 17.8. The summed E-state index contributed by atoms with van der Waals surface area (Å²) in [5, 5.41) is 8.95. The fourth-order valence-electron chi connectivity index (χ4n) is 2.31. The van der Waals surface area contributed by atoms with Gasteiger partial charge in [0.15, 0.2) is 0 Å². The molecule has 1 heterocycles. The van der Waals surface area contributed by atoms with Gasteiger partial charge in [-0.05, 0) is 40.4 Å². The second kappa shape index (κ2) is 8.13. The molecule has 1 aromatic rings. The van der Waals surface area contributed by atoms with E-state index in [-0.39, 0.29) is 17.2 Å². The average molecular weight is 412 g/mol. The summed E-state index contributed by atoms with van der Waals surface area (Å²) in [4.78, 5) is 12.6. The van der Waals surface area contributed by atoms with Crippen molar-refractivity contribution in [3.8, 4) is 6.07 Å². The largest absolute Gasteiger partial charge is 0.408 e. The molecule has 0 aliphatic heterocycles. The Labute approximate surface area is 145 Å². The Morgan fingerprint density at radius 1 is 1.48 bits per heavy atom. The number of nitriles is 1. The molecule has 0 aliphatic carbocycles. The van der Waals surface area contributed by atoms with Crippen molar-refractivity contribution in [3.05, 3.63) is 20.8 Å². The molecule has 0 aliphatic rings. The lowest BCUT2D eigenvalue weighted by molar-refractivity contribution is -0.191. The van der Waals surface area contributed by atoms with Gasteiger partial charge in [-0.25, -0.2) is 0 Å². The predicted octanol–water partition coefficient (Wildman–Crippen LogP) is 3.84. The van der Waals surface area contributed by atoms with Crippen LogP contribution in [-0.4, -0.2) is 29.6 Å². The van der Waals surface area contributed by atoms with Crippen molar-refractivity contribution in [2.75, 3.05) is 6.54 Å². The second-order valence-corrected chi connectivity index (χ2v) is 7.96. The number of alkyl halides is 3. The summed E-state index contributed by atoms with van der Waals surface area (Å²) in [6.45, 7) is 3.02. The molecule has 0 fully saturated rings. The van der Waals surface area contributed by atoms with Crippen molar-refractivity contribution in [1.29, 1.82) is 5.26 Å². The highest BCUT2D eigenvalue weighted by Crippen LogP contribution is 2.42. The van der Waals surface area contributed by atoms with Gasteiger partial charge in [0.25, 0.3) is 0 Å². The summed E-state index contributed by atoms with van der Waals surface area (Å²) in [6, 6.07) is 1.35. The number of nitrogens with two attached hydrogens (primary N) is 1. The molecule has 23 heavy (non-hydrogen) atoms. The molecule has 0 saturated carbocycles. The summed E-state index contributed by atoms with van der Waals surface area (Å²) < 4.78 is 41.5. The molecule has 0 spiro atoms. The van der Waals surface area contributed by atoms with E-state index in [2.05, 4.69) is 15.9 Å². The van der Waals surface area contributed by atoms with Crippen LogP contribution in [0.2, 0.25) is 0 Å². The van der Waals surface area contributed by atoms with Crippen molar-refractivity contribution in [1.82, 2.24) is 4.90 Å². The van der Waals surface area contributed by atoms with E-state index in [1.54, 1.807) is 19.9 Å². The van der Waals surface area contributed by atoms with Crippen LogP contribution < -0.4 is 5.73 Å². The molecule has 4 nitrogen and oxygen atoms in total. The van der Waals surface area contributed by atoms with E-state index in [1.807, 2.05) is 0 Å². The summed E-state index contributed by atoms with van der Waals surface area (Å²) in [7, 11) is 0. The lowest BCUT2D eigenvalue weighted by atomic mass is 9.99. The molecular formula is C14H17BrF3N3OS. The van der Waals surface area contributed by atoms with Crippen molar-refractivity contribution in [2.45, 2.75) is 38.5 Å². The van der Waals surface area contributed by atoms with Crippen LogP contribution in [0.4, 0.5) is 13.2 Å². The number of carbonyl (C=O) groups excluding carboxylic acids is 1. The SMILES string of the molecule is CC(C)C[C@@H](C(N)=O)N(CC#N)C(c1ccc(Br)s1)C(F)(F)F. The Morgan fingerprint density at radius 3 is 2.43 bits per heavy atom. The summed E-state index contributed by atoms with van der Waals surface area (Å²) in [6.07, 6.45) is -4.48. The third-order valence-electron chi connectivity index (χ3n) is 3.18. The van der Waals surface area contributed by atoms with Crippen molar-refractivity contribution >= 4 is 33.2 Å². The Balaban J connectivity index is 3.34. The topological polar surface area (TPSA) is 70.1 Å². The number of hydrogen-bond donors (Lipinski definition) is 1. The van der Waals surface area contributed by atoms with Crippen molar-refractivity contribution < 1.29 is 18.0 Å². The monoisotopic (exact) mass is 411 g/mol. The lowest BCUT2D eigenvalue weighted by Crippen LogP contribution is -2.50. The van der Waals surface area contributed by atoms with Crippen LogP contribution in [0.15, 0.2) is 15.9 Å². The molecule has 0 aromatic carbocycles. The first-order chi connectivity index (χ1) is 10.6. The Bertz CT molecular complexity index is 583. The second-order valence-electron chi connectivity index (χ2n) is 5.46. The molecule has 0 bridgehead atoms. The standard InChI is InChI=1S/C14H17BrF3N3OS/c1-8(2)7-9(13(20)22)21(6-5-19)12(14(16,17)18)10-3-4-11(15)23-10/h3-4,8-9,12H,6-7H2,1-2H3,(H2,20,22)/t9-,12?/m0/s1. The summed E-state index contributed by atoms with van der Waals surface area (Å²) in [5.41, 5.74) is 5.32. The lowest BCUT2D eigenvalue weighted by Gasteiger charge is -2.36. The van der Waals surface area contributed by atoms with E-state index in [0.717, 1.165) is 16.2 Å². The normalized spacial score (nSPS) is 14.7. The highest BCUT2D eigenvalue weighted by molar-refractivity contribution is 9.11. The first-order valence-electron chi connectivity index (χ1n) is 6.81. The number of halogens is 4. The van der Waals surface area contributed by atoms with Gasteiger partial charge in [-0.15, -0.1) is 11.3 Å². The fraction of sp³-hybridized carbons (Fsp3) is 0.571. The van der Waals surface area contributed by atoms with E-state index in [9.17, 15) is 18.0 Å². The molecule has 1 amide bonds. The molecule has 1 rings (SSSR count). The van der Waals surface area contributed by atoms with Crippen molar-refractivity contribution in [3.63, 3.8) is 0 Å². The third kappa shape index (κ3) is 5.48. The van der Waals surface area contributed by atoms with Gasteiger partial charge in [-0.2, -0.15) is 18.4 Å². The number of carbonyl (C=O) groups is 1. The molecular weight excluding hydrogens is 395 g/mol. The first kappa shape index (κ1) is 19.9. The Hall–Kier alpha value is -1.11. The highest BCUT2D eigenvalue weighted by Gasteiger charge is 2.48. The third-order valence-corrected chi connectivity index (χ3v) is 4.86. The van der Waals surface area contributed by atoms with Crippen LogP contribution in [0.1, 0.15) is 31.2 Å². The molecule has 2 atom stereocenters. The maximum Gasteiger partial charge on any atom is 0.408 e. The number of amides is 1. The molecule has 128 valence electrons. The van der Waals surface area contributed by atoms with Crippen LogP contribution in [0.5, 0.6) is 0 Å². The fourth-order valence-corrected chi connectivity index (χ4v) is 3.88. The Kier molecular flexibility index (Phi) is 7.04. The van der Waals surface area contributed by atoms with Gasteiger partial charge in [0, 0.05) is 4.88 Å². The van der Waals surface area contributed by atoms with Crippen LogP contribution in [0.25, 0.3) is 0 Å². The minimum Gasteiger partial charge on any atom is -0.368 e. The van der Waals surface area contributed by atoms with Crippen LogP contribution in [0, 0.1) is 17.2 Å². The van der Waals surface area contributed by atoms with Gasteiger partial charge in [-0.3, -0.25) is 9.69 Å². The highest BCUT2D eigenvalue weighted by atomic mass is 79.9. The number of rotatable bonds is 7. The molecule has 2 N–H and O–H groups in total. The van der Waals surface area contributed by atoms with Crippen LogP contribution >= 0.6 is 27.3 Å². The molecule has 0 radical (unpaired) electrons.